The minimum Gasteiger partial charge on any atom is -0.497 e. The van der Waals surface area contributed by atoms with Crippen molar-refractivity contribution in [3.05, 3.63) is 65.7 Å². The van der Waals surface area contributed by atoms with Crippen molar-refractivity contribution in [1.29, 1.82) is 0 Å². The lowest BCUT2D eigenvalue weighted by atomic mass is 9.97. The predicted molar refractivity (Wildman–Crippen MR) is 87.3 cm³/mol. The van der Waals surface area contributed by atoms with Gasteiger partial charge in [-0.25, -0.2) is 0 Å². The van der Waals surface area contributed by atoms with Gasteiger partial charge in [0.25, 0.3) is 0 Å². The molecule has 1 heterocycles. The fourth-order valence-corrected chi connectivity index (χ4v) is 2.75. The second-order valence-corrected chi connectivity index (χ2v) is 5.73. The van der Waals surface area contributed by atoms with E-state index in [1.807, 2.05) is 54.6 Å². The molecular formula is C19H22O4. The summed E-state index contributed by atoms with van der Waals surface area (Å²) in [6, 6.07) is 17.7. The van der Waals surface area contributed by atoms with Gasteiger partial charge in [-0.3, -0.25) is 0 Å². The van der Waals surface area contributed by atoms with Crippen molar-refractivity contribution in [1.82, 2.24) is 0 Å². The second-order valence-electron chi connectivity index (χ2n) is 5.73. The molecule has 1 fully saturated rings. The van der Waals surface area contributed by atoms with Gasteiger partial charge >= 0.3 is 0 Å². The van der Waals surface area contributed by atoms with Crippen LogP contribution in [0.1, 0.15) is 23.7 Å². The summed E-state index contributed by atoms with van der Waals surface area (Å²) in [5.74, 6) is 0.814. The van der Waals surface area contributed by atoms with Gasteiger partial charge in [0, 0.05) is 6.42 Å². The normalized spacial score (nSPS) is 24.3. The highest BCUT2D eigenvalue weighted by Crippen LogP contribution is 2.30. The number of rotatable bonds is 5. The average molecular weight is 314 g/mol. The van der Waals surface area contributed by atoms with E-state index in [0.717, 1.165) is 16.9 Å². The van der Waals surface area contributed by atoms with Crippen LogP contribution in [0.25, 0.3) is 0 Å². The lowest BCUT2D eigenvalue weighted by Crippen LogP contribution is -2.40. The van der Waals surface area contributed by atoms with Crippen molar-refractivity contribution in [3.8, 4) is 5.75 Å². The van der Waals surface area contributed by atoms with Gasteiger partial charge in [0.05, 0.1) is 32.5 Å². The van der Waals surface area contributed by atoms with Gasteiger partial charge in [-0.15, -0.1) is 0 Å². The summed E-state index contributed by atoms with van der Waals surface area (Å²) in [5.41, 5.74) is 2.14. The van der Waals surface area contributed by atoms with Crippen LogP contribution >= 0.6 is 0 Å². The lowest BCUT2D eigenvalue weighted by molar-refractivity contribution is -0.151. The summed E-state index contributed by atoms with van der Waals surface area (Å²) >= 11 is 0. The predicted octanol–water partition coefficient (Wildman–Crippen LogP) is 3.10. The first kappa shape index (κ1) is 16.0. The Balaban J connectivity index is 1.54. The molecule has 122 valence electrons. The Morgan fingerprint density at radius 2 is 1.83 bits per heavy atom. The van der Waals surface area contributed by atoms with Crippen molar-refractivity contribution in [3.63, 3.8) is 0 Å². The highest BCUT2D eigenvalue weighted by atomic mass is 16.6. The molecule has 1 aliphatic heterocycles. The lowest BCUT2D eigenvalue weighted by Gasteiger charge is -2.33. The molecule has 4 heteroatoms. The quantitative estimate of drug-likeness (QED) is 0.921. The summed E-state index contributed by atoms with van der Waals surface area (Å²) in [6.07, 6.45) is -0.386. The van der Waals surface area contributed by atoms with E-state index >= 15 is 0 Å². The number of benzene rings is 2. The second kappa shape index (κ2) is 7.59. The molecule has 2 aromatic carbocycles. The molecule has 0 bridgehead atoms. The van der Waals surface area contributed by atoms with Crippen LogP contribution in [0.15, 0.2) is 54.6 Å². The number of hydrogen-bond donors (Lipinski definition) is 1. The largest absolute Gasteiger partial charge is 0.497 e. The van der Waals surface area contributed by atoms with Gasteiger partial charge < -0.3 is 19.3 Å². The van der Waals surface area contributed by atoms with E-state index in [1.165, 1.54) is 0 Å². The molecule has 2 aromatic rings. The Kier molecular flexibility index (Phi) is 5.28. The molecule has 0 radical (unpaired) electrons. The van der Waals surface area contributed by atoms with E-state index in [1.54, 1.807) is 7.11 Å². The zero-order valence-corrected chi connectivity index (χ0v) is 13.2. The summed E-state index contributed by atoms with van der Waals surface area (Å²) in [4.78, 5) is 0. The van der Waals surface area contributed by atoms with Crippen molar-refractivity contribution < 1.29 is 19.3 Å². The Morgan fingerprint density at radius 3 is 2.48 bits per heavy atom. The molecule has 1 aliphatic rings. The van der Waals surface area contributed by atoms with Gasteiger partial charge in [-0.1, -0.05) is 42.5 Å². The van der Waals surface area contributed by atoms with Crippen LogP contribution in [0.2, 0.25) is 0 Å². The summed E-state index contributed by atoms with van der Waals surface area (Å²) in [6.45, 7) is 0.879. The fraction of sp³-hybridized carbons (Fsp3) is 0.368. The molecule has 0 saturated carbocycles. The summed E-state index contributed by atoms with van der Waals surface area (Å²) in [5, 5.41) is 10.3. The van der Waals surface area contributed by atoms with Crippen LogP contribution in [0.4, 0.5) is 0 Å². The van der Waals surface area contributed by atoms with Crippen molar-refractivity contribution >= 4 is 0 Å². The van der Waals surface area contributed by atoms with Crippen LogP contribution in [0, 0.1) is 0 Å². The Hall–Kier alpha value is -1.88. The van der Waals surface area contributed by atoms with Crippen LogP contribution in [-0.2, 0) is 16.1 Å². The number of hydrogen-bond acceptors (Lipinski definition) is 4. The maximum absolute atomic E-state index is 10.3. The van der Waals surface area contributed by atoms with Gasteiger partial charge in [-0.2, -0.15) is 0 Å². The van der Waals surface area contributed by atoms with E-state index in [9.17, 15) is 5.11 Å². The molecular weight excluding hydrogens is 292 g/mol. The topological polar surface area (TPSA) is 47.9 Å². The standard InChI is InChI=1S/C19H22O4/c1-21-16-9-7-15(8-10-16)18-11-17(20)19(13-23-18)22-12-14-5-3-2-4-6-14/h2-10,17-20H,11-13H2,1H3/t17-,18-,19-/m1/s1. The summed E-state index contributed by atoms with van der Waals surface area (Å²) in [7, 11) is 1.64. The monoisotopic (exact) mass is 314 g/mol. The molecule has 0 unspecified atom stereocenters. The highest BCUT2D eigenvalue weighted by Gasteiger charge is 2.31. The number of methoxy groups -OCH3 is 1. The summed E-state index contributed by atoms with van der Waals surface area (Å²) < 4.78 is 16.8. The maximum Gasteiger partial charge on any atom is 0.118 e. The number of ether oxygens (including phenoxy) is 3. The van der Waals surface area contributed by atoms with Crippen molar-refractivity contribution in [2.24, 2.45) is 0 Å². The molecule has 0 amide bonds. The maximum atomic E-state index is 10.3. The van der Waals surface area contributed by atoms with Gasteiger partial charge in [-0.05, 0) is 23.3 Å². The number of aliphatic hydroxyl groups excluding tert-OH is 1. The minimum atomic E-state index is -0.528. The first-order valence-corrected chi connectivity index (χ1v) is 7.85. The molecule has 0 spiro atoms. The van der Waals surface area contributed by atoms with E-state index in [-0.39, 0.29) is 12.2 Å². The van der Waals surface area contributed by atoms with E-state index in [4.69, 9.17) is 14.2 Å². The first-order chi connectivity index (χ1) is 11.3. The molecule has 3 rings (SSSR count). The first-order valence-electron chi connectivity index (χ1n) is 7.85. The average Bonchev–Trinajstić information content (AvgIpc) is 2.61. The van der Waals surface area contributed by atoms with E-state index in [0.29, 0.717) is 19.6 Å². The molecule has 0 aliphatic carbocycles. The molecule has 0 aromatic heterocycles. The van der Waals surface area contributed by atoms with E-state index < -0.39 is 6.10 Å². The Bertz CT molecular complexity index is 597. The zero-order chi connectivity index (χ0) is 16.1. The van der Waals surface area contributed by atoms with Crippen LogP contribution in [0.3, 0.4) is 0 Å². The van der Waals surface area contributed by atoms with Crippen LogP contribution in [0.5, 0.6) is 5.75 Å². The third-order valence-electron chi connectivity index (χ3n) is 4.14. The molecule has 3 atom stereocenters. The highest BCUT2D eigenvalue weighted by molar-refractivity contribution is 5.28. The van der Waals surface area contributed by atoms with Crippen LogP contribution < -0.4 is 4.74 Å². The SMILES string of the molecule is COc1ccc([C@H]2C[C@@H](O)[C@H](OCc3ccccc3)CO2)cc1. The van der Waals surface area contributed by atoms with Gasteiger partial charge in [0.1, 0.15) is 11.9 Å². The van der Waals surface area contributed by atoms with Crippen molar-refractivity contribution in [2.75, 3.05) is 13.7 Å². The third kappa shape index (κ3) is 4.10. The Morgan fingerprint density at radius 1 is 1.09 bits per heavy atom. The third-order valence-corrected chi connectivity index (χ3v) is 4.14. The zero-order valence-electron chi connectivity index (χ0n) is 13.2. The molecule has 1 N–H and O–H groups in total. The Labute approximate surface area is 136 Å². The molecule has 4 nitrogen and oxygen atoms in total. The van der Waals surface area contributed by atoms with Crippen LogP contribution in [-0.4, -0.2) is 31.0 Å². The van der Waals surface area contributed by atoms with Crippen molar-refractivity contribution in [2.45, 2.75) is 31.3 Å². The molecule has 23 heavy (non-hydrogen) atoms. The number of aliphatic hydroxyl groups is 1. The fourth-order valence-electron chi connectivity index (χ4n) is 2.75. The van der Waals surface area contributed by atoms with E-state index in [2.05, 4.69) is 0 Å². The van der Waals surface area contributed by atoms with Gasteiger partial charge in [0.15, 0.2) is 0 Å². The smallest absolute Gasteiger partial charge is 0.118 e. The molecule has 1 saturated heterocycles. The van der Waals surface area contributed by atoms with Gasteiger partial charge in [0.2, 0.25) is 0 Å². The minimum absolute atomic E-state index is 0.104.